The van der Waals surface area contributed by atoms with Gasteiger partial charge < -0.3 is 9.84 Å². The predicted octanol–water partition coefficient (Wildman–Crippen LogP) is 1.74. The number of morpholine rings is 1. The molecule has 0 bridgehead atoms. The van der Waals surface area contributed by atoms with Crippen LogP contribution >= 0.6 is 0 Å². The molecule has 0 aromatic heterocycles. The predicted molar refractivity (Wildman–Crippen MR) is 62.6 cm³/mol. The Kier molecular flexibility index (Phi) is 4.74. The van der Waals surface area contributed by atoms with Crippen molar-refractivity contribution in [2.75, 3.05) is 19.8 Å². The minimum absolute atomic E-state index is 0.172. The highest BCUT2D eigenvalue weighted by Gasteiger charge is 2.38. The summed E-state index contributed by atoms with van der Waals surface area (Å²) < 4.78 is 5.41. The zero-order valence-corrected chi connectivity index (χ0v) is 10.5. The van der Waals surface area contributed by atoms with Crippen molar-refractivity contribution in [1.82, 2.24) is 4.90 Å². The van der Waals surface area contributed by atoms with Crippen LogP contribution in [0.1, 0.15) is 40.0 Å². The summed E-state index contributed by atoms with van der Waals surface area (Å²) in [7, 11) is 0. The van der Waals surface area contributed by atoms with Crippen LogP contribution in [-0.2, 0) is 9.53 Å². The number of rotatable bonds is 5. The van der Waals surface area contributed by atoms with Gasteiger partial charge in [-0.2, -0.15) is 0 Å². The molecule has 1 saturated heterocycles. The summed E-state index contributed by atoms with van der Waals surface area (Å²) in [6.07, 6.45) is 2.73. The van der Waals surface area contributed by atoms with Gasteiger partial charge in [-0.05, 0) is 20.3 Å². The van der Waals surface area contributed by atoms with Crippen molar-refractivity contribution in [2.45, 2.75) is 51.6 Å². The lowest BCUT2D eigenvalue weighted by Gasteiger charge is -2.45. The van der Waals surface area contributed by atoms with Crippen LogP contribution in [0.25, 0.3) is 0 Å². The van der Waals surface area contributed by atoms with Gasteiger partial charge in [0.1, 0.15) is 6.04 Å². The van der Waals surface area contributed by atoms with Gasteiger partial charge in [-0.1, -0.05) is 19.8 Å². The van der Waals surface area contributed by atoms with Crippen LogP contribution in [0.15, 0.2) is 0 Å². The van der Waals surface area contributed by atoms with E-state index in [-0.39, 0.29) is 11.6 Å². The van der Waals surface area contributed by atoms with Gasteiger partial charge in [-0.15, -0.1) is 0 Å². The Labute approximate surface area is 97.6 Å². The fourth-order valence-electron chi connectivity index (χ4n) is 2.26. The van der Waals surface area contributed by atoms with E-state index in [2.05, 4.69) is 11.8 Å². The van der Waals surface area contributed by atoms with Crippen LogP contribution in [0.5, 0.6) is 0 Å². The molecule has 0 aromatic carbocycles. The summed E-state index contributed by atoms with van der Waals surface area (Å²) in [5, 5.41) is 9.30. The third kappa shape index (κ3) is 3.19. The van der Waals surface area contributed by atoms with Crippen molar-refractivity contribution in [1.29, 1.82) is 0 Å². The van der Waals surface area contributed by atoms with Gasteiger partial charge in [0.05, 0.1) is 13.2 Å². The first-order valence-corrected chi connectivity index (χ1v) is 6.06. The average molecular weight is 229 g/mol. The molecule has 1 heterocycles. The lowest BCUT2D eigenvalue weighted by Crippen LogP contribution is -2.59. The molecular weight excluding hydrogens is 206 g/mol. The normalized spacial score (nSPS) is 22.9. The average Bonchev–Trinajstić information content (AvgIpc) is 2.20. The number of carbonyl (C=O) groups is 1. The fourth-order valence-corrected chi connectivity index (χ4v) is 2.26. The molecule has 0 aromatic rings. The Bertz CT molecular complexity index is 240. The SMILES string of the molecule is CCCCC(C(=O)O)N1CCOCC1(C)C. The number of hydrogen-bond donors (Lipinski definition) is 1. The standard InChI is InChI=1S/C12H23NO3/c1-4-5-6-10(11(14)15)13-7-8-16-9-12(13,2)3/h10H,4-9H2,1-3H3,(H,14,15). The molecule has 1 N–H and O–H groups in total. The first-order chi connectivity index (χ1) is 7.49. The van der Waals surface area contributed by atoms with Crippen LogP contribution in [0.4, 0.5) is 0 Å². The van der Waals surface area contributed by atoms with Gasteiger partial charge in [0.25, 0.3) is 0 Å². The highest BCUT2D eigenvalue weighted by atomic mass is 16.5. The molecule has 1 atom stereocenters. The minimum atomic E-state index is -0.705. The van der Waals surface area contributed by atoms with Gasteiger partial charge in [0.2, 0.25) is 0 Å². The monoisotopic (exact) mass is 229 g/mol. The number of nitrogens with zero attached hydrogens (tertiary/aromatic N) is 1. The molecule has 0 saturated carbocycles. The summed E-state index contributed by atoms with van der Waals surface area (Å²) in [6.45, 7) is 8.15. The first kappa shape index (κ1) is 13.5. The maximum atomic E-state index is 11.3. The zero-order valence-electron chi connectivity index (χ0n) is 10.5. The molecular formula is C12H23NO3. The van der Waals surface area contributed by atoms with Crippen LogP contribution in [0, 0.1) is 0 Å². The van der Waals surface area contributed by atoms with Crippen LogP contribution in [0.3, 0.4) is 0 Å². The maximum Gasteiger partial charge on any atom is 0.320 e. The van der Waals surface area contributed by atoms with E-state index >= 15 is 0 Å². The molecule has 1 fully saturated rings. The Morgan fingerprint density at radius 3 is 2.75 bits per heavy atom. The van der Waals surface area contributed by atoms with Gasteiger partial charge in [0, 0.05) is 12.1 Å². The van der Waals surface area contributed by atoms with Gasteiger partial charge in [-0.25, -0.2) is 0 Å². The molecule has 0 spiro atoms. The van der Waals surface area contributed by atoms with Crippen LogP contribution in [-0.4, -0.2) is 47.3 Å². The second kappa shape index (κ2) is 5.64. The smallest absolute Gasteiger partial charge is 0.320 e. The largest absolute Gasteiger partial charge is 0.480 e. The number of hydrogen-bond acceptors (Lipinski definition) is 3. The summed E-state index contributed by atoms with van der Waals surface area (Å²) >= 11 is 0. The Morgan fingerprint density at radius 1 is 1.56 bits per heavy atom. The molecule has 1 aliphatic heterocycles. The van der Waals surface area contributed by atoms with E-state index < -0.39 is 5.97 Å². The molecule has 4 nitrogen and oxygen atoms in total. The molecule has 0 amide bonds. The molecule has 1 rings (SSSR count). The van der Waals surface area contributed by atoms with Gasteiger partial charge >= 0.3 is 5.97 Å². The van der Waals surface area contributed by atoms with E-state index in [0.717, 1.165) is 19.3 Å². The molecule has 94 valence electrons. The number of ether oxygens (including phenoxy) is 1. The highest BCUT2D eigenvalue weighted by molar-refractivity contribution is 5.73. The van der Waals surface area contributed by atoms with Crippen molar-refractivity contribution in [2.24, 2.45) is 0 Å². The lowest BCUT2D eigenvalue weighted by atomic mass is 9.97. The van der Waals surface area contributed by atoms with E-state index in [1.807, 2.05) is 13.8 Å². The zero-order chi connectivity index (χ0) is 12.2. The highest BCUT2D eigenvalue weighted by Crippen LogP contribution is 2.24. The molecule has 0 radical (unpaired) electrons. The second-order valence-electron chi connectivity index (χ2n) is 5.05. The van der Waals surface area contributed by atoms with Crippen molar-refractivity contribution in [3.8, 4) is 0 Å². The van der Waals surface area contributed by atoms with E-state index in [4.69, 9.17) is 4.74 Å². The molecule has 1 unspecified atom stereocenters. The van der Waals surface area contributed by atoms with E-state index in [1.54, 1.807) is 0 Å². The quantitative estimate of drug-likeness (QED) is 0.780. The first-order valence-electron chi connectivity index (χ1n) is 6.06. The molecule has 16 heavy (non-hydrogen) atoms. The third-order valence-corrected chi connectivity index (χ3v) is 3.20. The van der Waals surface area contributed by atoms with Crippen LogP contribution < -0.4 is 0 Å². The summed E-state index contributed by atoms with van der Waals surface area (Å²) in [5.41, 5.74) is -0.172. The third-order valence-electron chi connectivity index (χ3n) is 3.20. The van der Waals surface area contributed by atoms with E-state index in [9.17, 15) is 9.90 Å². The number of aliphatic carboxylic acids is 1. The van der Waals surface area contributed by atoms with Crippen LogP contribution in [0.2, 0.25) is 0 Å². The topological polar surface area (TPSA) is 49.8 Å². The molecule has 1 aliphatic rings. The summed E-state index contributed by atoms with van der Waals surface area (Å²) in [5.74, 6) is -0.705. The Hall–Kier alpha value is -0.610. The minimum Gasteiger partial charge on any atom is -0.480 e. The van der Waals surface area contributed by atoms with E-state index in [1.165, 1.54) is 0 Å². The van der Waals surface area contributed by atoms with Crippen molar-refractivity contribution in [3.63, 3.8) is 0 Å². The number of carboxylic acid groups (broad SMARTS) is 1. The van der Waals surface area contributed by atoms with Gasteiger partial charge in [-0.3, -0.25) is 9.69 Å². The second-order valence-corrected chi connectivity index (χ2v) is 5.05. The van der Waals surface area contributed by atoms with Crippen molar-refractivity contribution >= 4 is 5.97 Å². The molecule has 0 aliphatic carbocycles. The van der Waals surface area contributed by atoms with Crippen molar-refractivity contribution < 1.29 is 14.6 Å². The van der Waals surface area contributed by atoms with Gasteiger partial charge in [0.15, 0.2) is 0 Å². The Morgan fingerprint density at radius 2 is 2.25 bits per heavy atom. The fraction of sp³-hybridized carbons (Fsp3) is 0.917. The van der Waals surface area contributed by atoms with Crippen molar-refractivity contribution in [3.05, 3.63) is 0 Å². The van der Waals surface area contributed by atoms with E-state index in [0.29, 0.717) is 19.8 Å². The summed E-state index contributed by atoms with van der Waals surface area (Å²) in [6, 6.07) is -0.362. The lowest BCUT2D eigenvalue weighted by molar-refractivity contribution is -0.152. The Balaban J connectivity index is 2.71. The number of unbranched alkanes of at least 4 members (excludes halogenated alkanes) is 1. The maximum absolute atomic E-state index is 11.3. The molecule has 4 heteroatoms. The number of carboxylic acids is 1. The summed E-state index contributed by atoms with van der Waals surface area (Å²) in [4.78, 5) is 13.4.